The molecule has 0 amide bonds. The molecule has 2 aliphatic rings. The van der Waals surface area contributed by atoms with Gasteiger partial charge in [-0.2, -0.15) is 0 Å². The van der Waals surface area contributed by atoms with Crippen molar-refractivity contribution in [2.75, 3.05) is 20.2 Å². The van der Waals surface area contributed by atoms with Crippen LogP contribution in [-0.4, -0.2) is 26.0 Å². The fourth-order valence-corrected chi connectivity index (χ4v) is 3.20. The summed E-state index contributed by atoms with van der Waals surface area (Å²) in [6.07, 6.45) is 3.67. The molecular formula is C15H23Cl2N3O. The van der Waals surface area contributed by atoms with Crippen molar-refractivity contribution in [1.29, 1.82) is 0 Å². The first-order chi connectivity index (χ1) is 9.29. The van der Waals surface area contributed by atoms with Gasteiger partial charge in [0.2, 0.25) is 0 Å². The van der Waals surface area contributed by atoms with E-state index in [0.717, 1.165) is 23.8 Å². The average molecular weight is 332 g/mol. The molecular weight excluding hydrogens is 309 g/mol. The fourth-order valence-electron chi connectivity index (χ4n) is 3.20. The monoisotopic (exact) mass is 331 g/mol. The van der Waals surface area contributed by atoms with Crippen molar-refractivity contribution in [3.05, 3.63) is 23.8 Å². The maximum absolute atomic E-state index is 6.11. The topological polar surface area (TPSA) is 59.6 Å². The van der Waals surface area contributed by atoms with Gasteiger partial charge in [0.05, 0.1) is 5.69 Å². The Morgan fingerprint density at radius 1 is 1.29 bits per heavy atom. The molecule has 0 aromatic heterocycles. The lowest BCUT2D eigenvalue weighted by atomic mass is 9.85. The number of nitrogens with two attached hydrogens (primary N) is 1. The van der Waals surface area contributed by atoms with E-state index in [1.807, 2.05) is 13.1 Å². The molecule has 4 nitrogen and oxygen atoms in total. The number of fused-ring (bicyclic) bond motifs is 3. The Hall–Kier alpha value is -0.970. The molecule has 0 spiro atoms. The van der Waals surface area contributed by atoms with Gasteiger partial charge in [-0.25, -0.2) is 4.99 Å². The summed E-state index contributed by atoms with van der Waals surface area (Å²) in [6.45, 7) is 1.51. The first kappa shape index (κ1) is 18.1. The molecule has 1 aliphatic heterocycles. The van der Waals surface area contributed by atoms with Crippen LogP contribution in [-0.2, 0) is 0 Å². The minimum absolute atomic E-state index is 0. The number of hydrogen-bond donors (Lipinski definition) is 2. The summed E-state index contributed by atoms with van der Waals surface area (Å²) < 4.78 is 5.69. The molecule has 1 aromatic rings. The second-order valence-corrected chi connectivity index (χ2v) is 5.35. The van der Waals surface area contributed by atoms with Crippen molar-refractivity contribution in [3.8, 4) is 5.75 Å². The van der Waals surface area contributed by atoms with Crippen LogP contribution >= 0.6 is 24.8 Å². The number of halogens is 2. The molecule has 118 valence electrons. The van der Waals surface area contributed by atoms with Crippen LogP contribution in [0.15, 0.2) is 23.2 Å². The molecule has 1 aromatic carbocycles. The lowest BCUT2D eigenvalue weighted by Gasteiger charge is -2.26. The summed E-state index contributed by atoms with van der Waals surface area (Å²) in [6, 6.07) is 6.25. The first-order valence-electron chi connectivity index (χ1n) is 7.05. The highest BCUT2D eigenvalue weighted by atomic mass is 35.5. The predicted molar refractivity (Wildman–Crippen MR) is 91.7 cm³/mol. The lowest BCUT2D eigenvalue weighted by Crippen LogP contribution is -2.28. The van der Waals surface area contributed by atoms with Crippen LogP contribution in [0.4, 0.5) is 5.69 Å². The van der Waals surface area contributed by atoms with Gasteiger partial charge in [0, 0.05) is 18.5 Å². The molecule has 1 aliphatic carbocycles. The van der Waals surface area contributed by atoms with Gasteiger partial charge in [-0.05, 0) is 37.4 Å². The summed E-state index contributed by atoms with van der Waals surface area (Å²) in [5.74, 6) is 2.71. The Morgan fingerprint density at radius 3 is 2.81 bits per heavy atom. The second-order valence-electron chi connectivity index (χ2n) is 5.35. The Morgan fingerprint density at radius 2 is 2.05 bits per heavy atom. The third-order valence-corrected chi connectivity index (χ3v) is 4.17. The highest BCUT2D eigenvalue weighted by Gasteiger charge is 2.35. The van der Waals surface area contributed by atoms with E-state index >= 15 is 0 Å². The normalized spacial score (nSPS) is 22.2. The van der Waals surface area contributed by atoms with Gasteiger partial charge in [0.15, 0.2) is 0 Å². The Balaban J connectivity index is 0.00000110. The number of rotatable bonds is 4. The molecule has 21 heavy (non-hydrogen) atoms. The molecule has 1 heterocycles. The van der Waals surface area contributed by atoms with E-state index in [0.29, 0.717) is 18.4 Å². The smallest absolute Gasteiger partial charge is 0.121 e. The molecule has 1 fully saturated rings. The molecule has 3 rings (SSSR count). The van der Waals surface area contributed by atoms with E-state index < -0.39 is 0 Å². The number of likely N-dealkylation sites (N-methyl/N-ethyl adjacent to an activating group) is 1. The standard InChI is InChI=1S/C15H21N3O.2ClH/c1-17-7-8-19-10-5-6-12-11-3-2-4-13(11)15(16)18-14(12)9-10;;/h5-6,9,11,13,17H,2-4,7-8H2,1H3,(H2,16,18);2*1H/t11-,13-;;/m1../s1. The second kappa shape index (κ2) is 7.87. The minimum Gasteiger partial charge on any atom is -0.492 e. The molecule has 2 atom stereocenters. The number of benzene rings is 1. The maximum atomic E-state index is 6.11. The zero-order chi connectivity index (χ0) is 13.2. The summed E-state index contributed by atoms with van der Waals surface area (Å²) in [5.41, 5.74) is 8.45. The van der Waals surface area contributed by atoms with Gasteiger partial charge in [-0.3, -0.25) is 0 Å². The average Bonchev–Trinajstić information content (AvgIpc) is 2.89. The van der Waals surface area contributed by atoms with Crippen molar-refractivity contribution >= 4 is 36.3 Å². The van der Waals surface area contributed by atoms with E-state index in [1.54, 1.807) is 0 Å². The number of nitrogens with one attached hydrogen (secondary N) is 1. The third-order valence-electron chi connectivity index (χ3n) is 4.17. The van der Waals surface area contributed by atoms with Crippen LogP contribution in [0.1, 0.15) is 30.7 Å². The third kappa shape index (κ3) is 3.62. The number of hydrogen-bond acceptors (Lipinski definition) is 4. The van der Waals surface area contributed by atoms with Gasteiger partial charge in [-0.15, -0.1) is 24.8 Å². The van der Waals surface area contributed by atoms with Crippen LogP contribution in [0.3, 0.4) is 0 Å². The van der Waals surface area contributed by atoms with E-state index in [2.05, 4.69) is 22.4 Å². The van der Waals surface area contributed by atoms with Crippen LogP contribution in [0.5, 0.6) is 5.75 Å². The summed E-state index contributed by atoms with van der Waals surface area (Å²) >= 11 is 0. The Kier molecular flexibility index (Phi) is 6.78. The molecule has 0 radical (unpaired) electrons. The lowest BCUT2D eigenvalue weighted by molar-refractivity contribution is 0.318. The zero-order valence-corrected chi connectivity index (χ0v) is 13.8. The summed E-state index contributed by atoms with van der Waals surface area (Å²) in [7, 11) is 1.92. The SMILES string of the molecule is CNCCOc1ccc2c(c1)N=C(N)[C@@H]1CCC[C@H]21.Cl.Cl. The Bertz CT molecular complexity index is 508. The van der Waals surface area contributed by atoms with Gasteiger partial charge >= 0.3 is 0 Å². The number of ether oxygens (including phenoxy) is 1. The van der Waals surface area contributed by atoms with E-state index in [9.17, 15) is 0 Å². The van der Waals surface area contributed by atoms with Gasteiger partial charge < -0.3 is 15.8 Å². The molecule has 1 saturated carbocycles. The van der Waals surface area contributed by atoms with Crippen molar-refractivity contribution in [2.45, 2.75) is 25.2 Å². The van der Waals surface area contributed by atoms with Crippen molar-refractivity contribution < 1.29 is 4.74 Å². The van der Waals surface area contributed by atoms with E-state index in [4.69, 9.17) is 10.5 Å². The molecule has 0 unspecified atom stereocenters. The number of nitrogens with zero attached hydrogens (tertiary/aromatic N) is 1. The van der Waals surface area contributed by atoms with E-state index in [1.165, 1.54) is 24.8 Å². The zero-order valence-electron chi connectivity index (χ0n) is 12.2. The van der Waals surface area contributed by atoms with Crippen LogP contribution < -0.4 is 15.8 Å². The van der Waals surface area contributed by atoms with Gasteiger partial charge in [0.1, 0.15) is 18.2 Å². The minimum atomic E-state index is 0. The first-order valence-corrected chi connectivity index (χ1v) is 7.05. The van der Waals surface area contributed by atoms with Crippen LogP contribution in [0, 0.1) is 5.92 Å². The van der Waals surface area contributed by atoms with Gasteiger partial charge in [-0.1, -0.05) is 12.5 Å². The highest BCUT2D eigenvalue weighted by Crippen LogP contribution is 2.47. The molecule has 0 saturated heterocycles. The van der Waals surface area contributed by atoms with E-state index in [-0.39, 0.29) is 24.8 Å². The van der Waals surface area contributed by atoms with Crippen molar-refractivity contribution in [3.63, 3.8) is 0 Å². The van der Waals surface area contributed by atoms with Crippen molar-refractivity contribution in [2.24, 2.45) is 16.6 Å². The Labute approximate surface area is 138 Å². The van der Waals surface area contributed by atoms with Crippen LogP contribution in [0.2, 0.25) is 0 Å². The van der Waals surface area contributed by atoms with Crippen LogP contribution in [0.25, 0.3) is 0 Å². The maximum Gasteiger partial charge on any atom is 0.121 e. The predicted octanol–water partition coefficient (Wildman–Crippen LogP) is 3.01. The van der Waals surface area contributed by atoms with Crippen molar-refractivity contribution in [1.82, 2.24) is 5.32 Å². The fraction of sp³-hybridized carbons (Fsp3) is 0.533. The molecule has 6 heteroatoms. The highest BCUT2D eigenvalue weighted by molar-refractivity contribution is 5.89. The number of aliphatic imine (C=N–C) groups is 1. The largest absolute Gasteiger partial charge is 0.492 e. The number of amidine groups is 1. The van der Waals surface area contributed by atoms with Gasteiger partial charge in [0.25, 0.3) is 0 Å². The quantitative estimate of drug-likeness (QED) is 0.833. The summed E-state index contributed by atoms with van der Waals surface area (Å²) in [5, 5.41) is 3.07. The summed E-state index contributed by atoms with van der Waals surface area (Å²) in [4.78, 5) is 4.58. The molecule has 0 bridgehead atoms. The molecule has 3 N–H and O–H groups in total.